The second kappa shape index (κ2) is 2.45. The Morgan fingerprint density at radius 2 is 2.44 bits per heavy atom. The van der Waals surface area contributed by atoms with Gasteiger partial charge in [-0.1, -0.05) is 12.2 Å². The van der Waals surface area contributed by atoms with Crippen molar-refractivity contribution in [3.8, 4) is 0 Å². The van der Waals surface area contributed by atoms with Gasteiger partial charge in [0.25, 0.3) is 0 Å². The van der Waals surface area contributed by atoms with Gasteiger partial charge in [-0.25, -0.2) is 4.98 Å². The van der Waals surface area contributed by atoms with E-state index in [0.29, 0.717) is 5.69 Å². The first-order chi connectivity index (χ1) is 4.30. The van der Waals surface area contributed by atoms with Crippen molar-refractivity contribution in [2.75, 3.05) is 0 Å². The van der Waals surface area contributed by atoms with Gasteiger partial charge in [-0.15, -0.1) is 10.2 Å². The molecule has 9 heavy (non-hydrogen) atoms. The molecule has 1 rings (SSSR count). The summed E-state index contributed by atoms with van der Waals surface area (Å²) in [5.41, 5.74) is 5.65. The summed E-state index contributed by atoms with van der Waals surface area (Å²) in [5, 5.41) is 7.08. The van der Waals surface area contributed by atoms with E-state index in [1.165, 1.54) is 12.5 Å². The Kier molecular flexibility index (Phi) is 1.64. The highest BCUT2D eigenvalue weighted by Gasteiger charge is 1.93. The Bertz CT molecular complexity index is 209. The maximum atomic E-state index is 5.20. The molecular weight excluding hydrogens is 136 g/mol. The van der Waals surface area contributed by atoms with Crippen molar-refractivity contribution in [3.05, 3.63) is 18.2 Å². The number of aromatic nitrogens is 3. The highest BCUT2D eigenvalue weighted by Crippen LogP contribution is 1.84. The SMILES string of the molecule is NC(=S)c1cncnn1. The molecule has 0 saturated heterocycles. The largest absolute Gasteiger partial charge is 0.388 e. The number of hydrogen-bond acceptors (Lipinski definition) is 4. The fraction of sp³-hybridized carbons (Fsp3) is 0. The van der Waals surface area contributed by atoms with Crippen LogP contribution in [0.25, 0.3) is 0 Å². The van der Waals surface area contributed by atoms with Crippen LogP contribution in [0.2, 0.25) is 0 Å². The summed E-state index contributed by atoms with van der Waals surface area (Å²) in [6.45, 7) is 0. The van der Waals surface area contributed by atoms with Crippen molar-refractivity contribution in [3.63, 3.8) is 0 Å². The smallest absolute Gasteiger partial charge is 0.138 e. The van der Waals surface area contributed by atoms with Crippen LogP contribution in [0.5, 0.6) is 0 Å². The van der Waals surface area contributed by atoms with E-state index in [1.807, 2.05) is 0 Å². The van der Waals surface area contributed by atoms with E-state index in [1.54, 1.807) is 0 Å². The minimum atomic E-state index is 0.218. The molecule has 0 aliphatic carbocycles. The van der Waals surface area contributed by atoms with Gasteiger partial charge in [-0.05, 0) is 0 Å². The van der Waals surface area contributed by atoms with Crippen molar-refractivity contribution in [1.82, 2.24) is 15.2 Å². The predicted molar refractivity (Wildman–Crippen MR) is 35.7 cm³/mol. The third-order valence-electron chi connectivity index (χ3n) is 0.733. The molecule has 0 aliphatic heterocycles. The Morgan fingerprint density at radius 1 is 1.67 bits per heavy atom. The maximum absolute atomic E-state index is 5.20. The molecule has 1 aromatic rings. The van der Waals surface area contributed by atoms with Crippen LogP contribution in [0.15, 0.2) is 12.5 Å². The molecule has 2 N–H and O–H groups in total. The second-order valence-corrected chi connectivity index (χ2v) is 1.80. The highest BCUT2D eigenvalue weighted by atomic mass is 32.1. The molecule has 5 heteroatoms. The summed E-state index contributed by atoms with van der Waals surface area (Å²) in [6.07, 6.45) is 2.79. The van der Waals surface area contributed by atoms with Gasteiger partial charge < -0.3 is 5.73 Å². The fourth-order valence-electron chi connectivity index (χ4n) is 0.360. The standard InChI is InChI=1S/C4H4N4S/c5-4(9)3-1-6-2-7-8-3/h1-2H,(H2,5,9). The molecule has 46 valence electrons. The lowest BCUT2D eigenvalue weighted by molar-refractivity contribution is 0.957. The van der Waals surface area contributed by atoms with E-state index in [4.69, 9.17) is 5.73 Å². The van der Waals surface area contributed by atoms with E-state index < -0.39 is 0 Å². The number of nitrogens with zero attached hydrogens (tertiary/aromatic N) is 3. The van der Waals surface area contributed by atoms with E-state index in [0.717, 1.165) is 0 Å². The van der Waals surface area contributed by atoms with Crippen LogP contribution in [0, 0.1) is 0 Å². The first-order valence-electron chi connectivity index (χ1n) is 2.23. The molecule has 0 saturated carbocycles. The van der Waals surface area contributed by atoms with Gasteiger partial charge in [0.2, 0.25) is 0 Å². The van der Waals surface area contributed by atoms with Crippen LogP contribution in [0.1, 0.15) is 5.69 Å². The summed E-state index contributed by atoms with van der Waals surface area (Å²) in [6, 6.07) is 0. The minimum absolute atomic E-state index is 0.218. The molecule has 0 unspecified atom stereocenters. The van der Waals surface area contributed by atoms with E-state index >= 15 is 0 Å². The van der Waals surface area contributed by atoms with Gasteiger partial charge in [0.05, 0.1) is 6.20 Å². The normalized spacial score (nSPS) is 8.89. The number of thiocarbonyl (C=S) groups is 1. The van der Waals surface area contributed by atoms with Crippen LogP contribution < -0.4 is 5.73 Å². The zero-order chi connectivity index (χ0) is 6.69. The Morgan fingerprint density at radius 3 is 2.78 bits per heavy atom. The summed E-state index contributed by atoms with van der Waals surface area (Å²) in [7, 11) is 0. The van der Waals surface area contributed by atoms with Crippen molar-refractivity contribution in [2.45, 2.75) is 0 Å². The van der Waals surface area contributed by atoms with Gasteiger partial charge in [0.1, 0.15) is 17.0 Å². The van der Waals surface area contributed by atoms with E-state index in [-0.39, 0.29) is 4.99 Å². The lowest BCUT2D eigenvalue weighted by atomic mass is 10.5. The highest BCUT2D eigenvalue weighted by molar-refractivity contribution is 7.80. The zero-order valence-corrected chi connectivity index (χ0v) is 5.30. The van der Waals surface area contributed by atoms with Gasteiger partial charge in [0, 0.05) is 0 Å². The van der Waals surface area contributed by atoms with Crippen molar-refractivity contribution in [2.24, 2.45) is 5.73 Å². The molecule has 0 aromatic carbocycles. The third-order valence-corrected chi connectivity index (χ3v) is 0.942. The molecule has 0 radical (unpaired) electrons. The van der Waals surface area contributed by atoms with Gasteiger partial charge in [-0.2, -0.15) is 0 Å². The van der Waals surface area contributed by atoms with Gasteiger partial charge in [-0.3, -0.25) is 0 Å². The van der Waals surface area contributed by atoms with E-state index in [2.05, 4.69) is 27.4 Å². The predicted octanol–water partition coefficient (Wildman–Crippen LogP) is -0.494. The van der Waals surface area contributed by atoms with Crippen molar-refractivity contribution < 1.29 is 0 Å². The lowest BCUT2D eigenvalue weighted by Gasteiger charge is -1.89. The molecule has 4 nitrogen and oxygen atoms in total. The van der Waals surface area contributed by atoms with Crippen LogP contribution in [-0.2, 0) is 0 Å². The summed E-state index contributed by atoms with van der Waals surface area (Å²) >= 11 is 4.60. The molecule has 1 heterocycles. The fourth-order valence-corrected chi connectivity index (χ4v) is 0.454. The Labute approximate surface area is 57.1 Å². The van der Waals surface area contributed by atoms with Crippen LogP contribution >= 0.6 is 12.2 Å². The number of nitrogens with two attached hydrogens (primary N) is 1. The molecular formula is C4H4N4S. The summed E-state index contributed by atoms with van der Waals surface area (Å²) in [4.78, 5) is 3.88. The molecule has 1 aromatic heterocycles. The monoisotopic (exact) mass is 140 g/mol. The minimum Gasteiger partial charge on any atom is -0.388 e. The molecule has 0 fully saturated rings. The quantitative estimate of drug-likeness (QED) is 0.533. The van der Waals surface area contributed by atoms with Gasteiger partial charge >= 0.3 is 0 Å². The first-order valence-corrected chi connectivity index (χ1v) is 2.64. The molecule has 0 atom stereocenters. The third kappa shape index (κ3) is 1.39. The second-order valence-electron chi connectivity index (χ2n) is 1.36. The number of hydrogen-bond donors (Lipinski definition) is 1. The maximum Gasteiger partial charge on any atom is 0.138 e. The first kappa shape index (κ1) is 6.03. The average Bonchev–Trinajstić information content (AvgIpc) is 1.90. The van der Waals surface area contributed by atoms with Crippen LogP contribution in [0.4, 0.5) is 0 Å². The lowest BCUT2D eigenvalue weighted by Crippen LogP contribution is -2.12. The Hall–Kier alpha value is -1.10. The number of rotatable bonds is 1. The van der Waals surface area contributed by atoms with Crippen LogP contribution in [0.3, 0.4) is 0 Å². The van der Waals surface area contributed by atoms with Crippen molar-refractivity contribution in [1.29, 1.82) is 0 Å². The molecule has 0 bridgehead atoms. The summed E-state index contributed by atoms with van der Waals surface area (Å²) < 4.78 is 0. The summed E-state index contributed by atoms with van der Waals surface area (Å²) in [5.74, 6) is 0. The van der Waals surface area contributed by atoms with Gasteiger partial charge in [0.15, 0.2) is 0 Å². The van der Waals surface area contributed by atoms with Crippen molar-refractivity contribution >= 4 is 17.2 Å². The zero-order valence-electron chi connectivity index (χ0n) is 4.48. The van der Waals surface area contributed by atoms with Crippen LogP contribution in [-0.4, -0.2) is 20.2 Å². The molecule has 0 spiro atoms. The topological polar surface area (TPSA) is 64.7 Å². The van der Waals surface area contributed by atoms with E-state index in [9.17, 15) is 0 Å². The average molecular weight is 140 g/mol. The molecule has 0 aliphatic rings. The Balaban J connectivity index is 2.98. The molecule has 0 amide bonds.